The maximum atomic E-state index is 12.0. The largest absolute Gasteiger partial charge is 0.342 e. The summed E-state index contributed by atoms with van der Waals surface area (Å²) in [6.07, 6.45) is 5.51. The lowest BCUT2D eigenvalue weighted by atomic mass is 10.2. The average Bonchev–Trinajstić information content (AvgIpc) is 2.58. The monoisotopic (exact) mass is 223 g/mol. The third kappa shape index (κ3) is 3.06. The topological polar surface area (TPSA) is 20.3 Å². The Hall–Kier alpha value is -0.830. The van der Waals surface area contributed by atoms with Crippen LogP contribution in [-0.4, -0.2) is 23.9 Å². The lowest BCUT2D eigenvalue weighted by molar-refractivity contribution is -0.130. The Bertz CT molecular complexity index is 299. The van der Waals surface area contributed by atoms with Crippen LogP contribution in [-0.2, 0) is 11.2 Å². The molecule has 1 saturated heterocycles. The van der Waals surface area contributed by atoms with E-state index in [0.29, 0.717) is 12.3 Å². The summed E-state index contributed by atoms with van der Waals surface area (Å²) >= 11 is 1.67. The second kappa shape index (κ2) is 5.31. The first-order chi connectivity index (χ1) is 7.36. The molecule has 2 heterocycles. The van der Waals surface area contributed by atoms with Gasteiger partial charge in [-0.2, -0.15) is 0 Å². The third-order valence-electron chi connectivity index (χ3n) is 2.86. The Balaban J connectivity index is 1.89. The molecule has 0 spiro atoms. The number of amides is 1. The summed E-state index contributed by atoms with van der Waals surface area (Å²) in [5.74, 6) is 0.305. The lowest BCUT2D eigenvalue weighted by Crippen LogP contribution is -2.32. The van der Waals surface area contributed by atoms with Crippen molar-refractivity contribution in [3.8, 4) is 0 Å². The van der Waals surface area contributed by atoms with Crippen LogP contribution in [0, 0.1) is 0 Å². The SMILES string of the molecule is O=C(Cc1cccs1)N1CCCCCC1. The molecule has 0 saturated carbocycles. The van der Waals surface area contributed by atoms with Crippen molar-refractivity contribution in [2.24, 2.45) is 0 Å². The summed E-state index contributed by atoms with van der Waals surface area (Å²) < 4.78 is 0. The van der Waals surface area contributed by atoms with Crippen molar-refractivity contribution < 1.29 is 4.79 Å². The van der Waals surface area contributed by atoms with E-state index < -0.39 is 0 Å². The van der Waals surface area contributed by atoms with Gasteiger partial charge >= 0.3 is 0 Å². The van der Waals surface area contributed by atoms with E-state index in [2.05, 4.69) is 0 Å². The van der Waals surface area contributed by atoms with Crippen LogP contribution in [0.4, 0.5) is 0 Å². The van der Waals surface area contributed by atoms with Gasteiger partial charge in [0, 0.05) is 18.0 Å². The number of thiophene rings is 1. The molecule has 0 aliphatic carbocycles. The zero-order valence-electron chi connectivity index (χ0n) is 8.95. The van der Waals surface area contributed by atoms with Gasteiger partial charge in [0.1, 0.15) is 0 Å². The van der Waals surface area contributed by atoms with Gasteiger partial charge in [-0.15, -0.1) is 11.3 Å². The van der Waals surface area contributed by atoms with Crippen LogP contribution < -0.4 is 0 Å². The summed E-state index contributed by atoms with van der Waals surface area (Å²) in [7, 11) is 0. The standard InChI is InChI=1S/C12H17NOS/c14-12(10-11-6-5-9-15-11)13-7-3-1-2-4-8-13/h5-6,9H,1-4,7-8,10H2. The van der Waals surface area contributed by atoms with Crippen molar-refractivity contribution in [2.45, 2.75) is 32.1 Å². The molecule has 0 unspecified atom stereocenters. The Labute approximate surface area is 94.9 Å². The highest BCUT2D eigenvalue weighted by Gasteiger charge is 2.15. The van der Waals surface area contributed by atoms with Crippen molar-refractivity contribution >= 4 is 17.2 Å². The number of likely N-dealkylation sites (tertiary alicyclic amines) is 1. The van der Waals surface area contributed by atoms with Crippen LogP contribution in [0.2, 0.25) is 0 Å². The van der Waals surface area contributed by atoms with Crippen LogP contribution in [0.5, 0.6) is 0 Å². The number of hydrogen-bond donors (Lipinski definition) is 0. The smallest absolute Gasteiger partial charge is 0.227 e. The number of carbonyl (C=O) groups excluding carboxylic acids is 1. The van der Waals surface area contributed by atoms with Gasteiger partial charge in [0.05, 0.1) is 6.42 Å². The molecule has 1 fully saturated rings. The van der Waals surface area contributed by atoms with E-state index in [4.69, 9.17) is 0 Å². The van der Waals surface area contributed by atoms with E-state index in [-0.39, 0.29) is 0 Å². The summed E-state index contributed by atoms with van der Waals surface area (Å²) in [5.41, 5.74) is 0. The minimum Gasteiger partial charge on any atom is -0.342 e. The first-order valence-corrected chi connectivity index (χ1v) is 6.54. The zero-order chi connectivity index (χ0) is 10.5. The van der Waals surface area contributed by atoms with Gasteiger partial charge in [-0.25, -0.2) is 0 Å². The number of rotatable bonds is 2. The molecular formula is C12H17NOS. The molecule has 0 aromatic carbocycles. The number of nitrogens with zero attached hydrogens (tertiary/aromatic N) is 1. The van der Waals surface area contributed by atoms with Crippen molar-refractivity contribution in [1.29, 1.82) is 0 Å². The Morgan fingerprint density at radius 1 is 1.27 bits per heavy atom. The molecule has 1 amide bonds. The molecule has 1 aromatic heterocycles. The molecule has 0 N–H and O–H groups in total. The van der Waals surface area contributed by atoms with E-state index in [1.54, 1.807) is 11.3 Å². The summed E-state index contributed by atoms with van der Waals surface area (Å²) in [5, 5.41) is 2.03. The summed E-state index contributed by atoms with van der Waals surface area (Å²) in [6.45, 7) is 1.93. The molecular weight excluding hydrogens is 206 g/mol. The molecule has 3 heteroatoms. The van der Waals surface area contributed by atoms with Crippen LogP contribution in [0.25, 0.3) is 0 Å². The molecule has 82 valence electrons. The minimum absolute atomic E-state index is 0.305. The van der Waals surface area contributed by atoms with Crippen molar-refractivity contribution in [2.75, 3.05) is 13.1 Å². The molecule has 1 aliphatic rings. The normalized spacial score (nSPS) is 17.5. The molecule has 1 aliphatic heterocycles. The van der Waals surface area contributed by atoms with E-state index >= 15 is 0 Å². The van der Waals surface area contributed by atoms with Gasteiger partial charge in [0.2, 0.25) is 5.91 Å². The first-order valence-electron chi connectivity index (χ1n) is 5.66. The minimum atomic E-state index is 0.305. The van der Waals surface area contributed by atoms with Gasteiger partial charge in [0.25, 0.3) is 0 Å². The molecule has 0 atom stereocenters. The number of carbonyl (C=O) groups is 1. The van der Waals surface area contributed by atoms with Crippen LogP contribution in [0.3, 0.4) is 0 Å². The predicted octanol–water partition coefficient (Wildman–Crippen LogP) is 2.69. The lowest BCUT2D eigenvalue weighted by Gasteiger charge is -2.19. The summed E-state index contributed by atoms with van der Waals surface area (Å²) in [6, 6.07) is 4.05. The molecule has 15 heavy (non-hydrogen) atoms. The zero-order valence-corrected chi connectivity index (χ0v) is 9.76. The highest BCUT2D eigenvalue weighted by Crippen LogP contribution is 2.14. The average molecular weight is 223 g/mol. The predicted molar refractivity (Wildman–Crippen MR) is 63.1 cm³/mol. The van der Waals surface area contributed by atoms with Crippen LogP contribution >= 0.6 is 11.3 Å². The number of hydrogen-bond acceptors (Lipinski definition) is 2. The molecule has 2 nitrogen and oxygen atoms in total. The second-order valence-electron chi connectivity index (χ2n) is 4.05. The molecule has 0 bridgehead atoms. The maximum absolute atomic E-state index is 12.0. The highest BCUT2D eigenvalue weighted by molar-refractivity contribution is 7.10. The van der Waals surface area contributed by atoms with Crippen molar-refractivity contribution in [3.63, 3.8) is 0 Å². The van der Waals surface area contributed by atoms with E-state index in [0.717, 1.165) is 13.1 Å². The van der Waals surface area contributed by atoms with Gasteiger partial charge in [-0.05, 0) is 24.3 Å². The van der Waals surface area contributed by atoms with E-state index in [1.165, 1.54) is 30.6 Å². The Morgan fingerprint density at radius 2 is 2.00 bits per heavy atom. The van der Waals surface area contributed by atoms with Crippen LogP contribution in [0.15, 0.2) is 17.5 Å². The van der Waals surface area contributed by atoms with Crippen molar-refractivity contribution in [1.82, 2.24) is 4.90 Å². The highest BCUT2D eigenvalue weighted by atomic mass is 32.1. The van der Waals surface area contributed by atoms with Gasteiger partial charge in [0.15, 0.2) is 0 Å². The van der Waals surface area contributed by atoms with Crippen LogP contribution in [0.1, 0.15) is 30.6 Å². The van der Waals surface area contributed by atoms with Gasteiger partial charge < -0.3 is 4.90 Å². The third-order valence-corrected chi connectivity index (χ3v) is 3.74. The van der Waals surface area contributed by atoms with E-state index in [9.17, 15) is 4.79 Å². The fourth-order valence-electron chi connectivity index (χ4n) is 1.99. The molecule has 1 aromatic rings. The van der Waals surface area contributed by atoms with Gasteiger partial charge in [-0.3, -0.25) is 4.79 Å². The van der Waals surface area contributed by atoms with Gasteiger partial charge in [-0.1, -0.05) is 18.9 Å². The van der Waals surface area contributed by atoms with Crippen molar-refractivity contribution in [3.05, 3.63) is 22.4 Å². The quantitative estimate of drug-likeness (QED) is 0.755. The fraction of sp³-hybridized carbons (Fsp3) is 0.583. The Morgan fingerprint density at radius 3 is 2.60 bits per heavy atom. The summed E-state index contributed by atoms with van der Waals surface area (Å²) in [4.78, 5) is 15.2. The second-order valence-corrected chi connectivity index (χ2v) is 5.08. The fourth-order valence-corrected chi connectivity index (χ4v) is 2.69. The molecule has 0 radical (unpaired) electrons. The maximum Gasteiger partial charge on any atom is 0.227 e. The molecule has 2 rings (SSSR count). The first kappa shape index (κ1) is 10.7. The Kier molecular flexibility index (Phi) is 3.78. The van der Waals surface area contributed by atoms with E-state index in [1.807, 2.05) is 22.4 Å².